The van der Waals surface area contributed by atoms with E-state index in [2.05, 4.69) is 49.4 Å². The van der Waals surface area contributed by atoms with Crippen LogP contribution in [0.2, 0.25) is 0 Å². The van der Waals surface area contributed by atoms with Gasteiger partial charge in [0.15, 0.2) is 0 Å². The summed E-state index contributed by atoms with van der Waals surface area (Å²) in [6, 6.07) is 0. The zero-order chi connectivity index (χ0) is 8.48. The van der Waals surface area contributed by atoms with Crippen LogP contribution in [0.1, 0.15) is 40.0 Å². The number of hydrogen-bond acceptors (Lipinski definition) is 0. The van der Waals surface area contributed by atoms with Gasteiger partial charge in [0.1, 0.15) is 0 Å². The summed E-state index contributed by atoms with van der Waals surface area (Å²) >= 11 is 2.60. The molecule has 0 aromatic carbocycles. The van der Waals surface area contributed by atoms with Crippen molar-refractivity contribution in [3.05, 3.63) is 11.6 Å². The monoisotopic (exact) mass is 264 g/mol. The number of allylic oxidation sites excluding steroid dienone is 2. The molecule has 1 heteroatoms. The second kappa shape index (κ2) is 3.46. The van der Waals surface area contributed by atoms with Gasteiger partial charge in [-0.2, -0.15) is 0 Å². The first-order valence-corrected chi connectivity index (χ1v) is 5.63. The average molecular weight is 264 g/mol. The molecule has 0 bridgehead atoms. The maximum absolute atomic E-state index is 2.60. The molecule has 0 saturated carbocycles. The Balaban J connectivity index is 2.67. The van der Waals surface area contributed by atoms with Gasteiger partial charge in [0.2, 0.25) is 0 Å². The zero-order valence-corrected chi connectivity index (χ0v) is 9.81. The predicted octanol–water partition coefficient (Wildman–Crippen LogP) is 3.95. The normalized spacial score (nSPS) is 29.8. The second-order valence-electron chi connectivity index (χ2n) is 4.08. The summed E-state index contributed by atoms with van der Waals surface area (Å²) in [6.07, 6.45) is 6.26. The maximum atomic E-state index is 2.60. The Hall–Kier alpha value is 0.470. The smallest absolute Gasteiger partial charge is 0.0201 e. The van der Waals surface area contributed by atoms with Crippen molar-refractivity contribution in [2.75, 3.05) is 0 Å². The molecule has 0 heterocycles. The highest BCUT2D eigenvalue weighted by molar-refractivity contribution is 14.1. The number of halogens is 1. The van der Waals surface area contributed by atoms with Crippen LogP contribution >= 0.6 is 22.6 Å². The van der Waals surface area contributed by atoms with E-state index in [1.165, 1.54) is 19.3 Å². The van der Waals surface area contributed by atoms with E-state index >= 15 is 0 Å². The zero-order valence-electron chi connectivity index (χ0n) is 7.65. The minimum Gasteiger partial charge on any atom is -0.0847 e. The van der Waals surface area contributed by atoms with Crippen LogP contribution < -0.4 is 0 Å². The third kappa shape index (κ3) is 2.20. The van der Waals surface area contributed by atoms with Crippen molar-refractivity contribution in [2.24, 2.45) is 5.41 Å². The van der Waals surface area contributed by atoms with Gasteiger partial charge < -0.3 is 0 Å². The van der Waals surface area contributed by atoms with Crippen LogP contribution in [0.15, 0.2) is 11.6 Å². The van der Waals surface area contributed by atoms with Crippen molar-refractivity contribution >= 4 is 22.6 Å². The van der Waals surface area contributed by atoms with E-state index in [1.54, 1.807) is 5.57 Å². The summed E-state index contributed by atoms with van der Waals surface area (Å²) in [4.78, 5) is 0. The van der Waals surface area contributed by atoms with E-state index < -0.39 is 0 Å². The Morgan fingerprint density at radius 3 is 2.73 bits per heavy atom. The fourth-order valence-corrected chi connectivity index (χ4v) is 2.23. The Morgan fingerprint density at radius 2 is 2.27 bits per heavy atom. The Labute approximate surface area is 83.6 Å². The predicted molar refractivity (Wildman–Crippen MR) is 59.2 cm³/mol. The lowest BCUT2D eigenvalue weighted by molar-refractivity contribution is 0.347. The molecule has 1 aliphatic carbocycles. The van der Waals surface area contributed by atoms with Gasteiger partial charge >= 0.3 is 0 Å². The quantitative estimate of drug-likeness (QED) is 0.382. The van der Waals surface area contributed by atoms with E-state index in [1.807, 2.05) is 0 Å². The van der Waals surface area contributed by atoms with Crippen LogP contribution in [0, 0.1) is 5.41 Å². The summed E-state index contributed by atoms with van der Waals surface area (Å²) in [5.41, 5.74) is 2.18. The second-order valence-corrected chi connectivity index (χ2v) is 5.58. The summed E-state index contributed by atoms with van der Waals surface area (Å²) in [6.45, 7) is 6.99. The largest absolute Gasteiger partial charge is 0.0847 e. The minimum absolute atomic E-state index is 0.527. The maximum Gasteiger partial charge on any atom is 0.0201 e. The van der Waals surface area contributed by atoms with Gasteiger partial charge in [0, 0.05) is 3.92 Å². The fourth-order valence-electron chi connectivity index (χ4n) is 1.41. The molecule has 0 N–H and O–H groups in total. The molecular weight excluding hydrogens is 247 g/mol. The SMILES string of the molecule is CCC1=CCC(C)(C)C(I)C1. The first kappa shape index (κ1) is 9.56. The van der Waals surface area contributed by atoms with Gasteiger partial charge in [0.25, 0.3) is 0 Å². The van der Waals surface area contributed by atoms with E-state index in [0.717, 1.165) is 3.92 Å². The molecule has 0 amide bonds. The highest BCUT2D eigenvalue weighted by Gasteiger charge is 2.29. The highest BCUT2D eigenvalue weighted by atomic mass is 127. The molecule has 1 unspecified atom stereocenters. The Morgan fingerprint density at radius 1 is 1.64 bits per heavy atom. The molecule has 64 valence electrons. The van der Waals surface area contributed by atoms with E-state index in [4.69, 9.17) is 0 Å². The number of hydrogen-bond donors (Lipinski definition) is 0. The van der Waals surface area contributed by atoms with Crippen molar-refractivity contribution in [1.29, 1.82) is 0 Å². The summed E-state index contributed by atoms with van der Waals surface area (Å²) in [5, 5.41) is 0. The van der Waals surface area contributed by atoms with Gasteiger partial charge in [0.05, 0.1) is 0 Å². The van der Waals surface area contributed by atoms with Crippen LogP contribution in [-0.4, -0.2) is 3.92 Å². The molecule has 1 rings (SSSR count). The first-order valence-electron chi connectivity index (χ1n) is 4.38. The van der Waals surface area contributed by atoms with Gasteiger partial charge in [-0.25, -0.2) is 0 Å². The van der Waals surface area contributed by atoms with E-state index in [9.17, 15) is 0 Å². The molecule has 11 heavy (non-hydrogen) atoms. The summed E-state index contributed by atoms with van der Waals surface area (Å²) in [7, 11) is 0. The Kier molecular flexibility index (Phi) is 3.01. The molecular formula is C10H17I. The number of rotatable bonds is 1. The third-order valence-corrected chi connectivity index (χ3v) is 4.79. The van der Waals surface area contributed by atoms with Crippen LogP contribution in [-0.2, 0) is 0 Å². The summed E-state index contributed by atoms with van der Waals surface area (Å²) < 4.78 is 0.833. The molecule has 1 aliphatic rings. The van der Waals surface area contributed by atoms with Crippen LogP contribution in [0.4, 0.5) is 0 Å². The van der Waals surface area contributed by atoms with Crippen molar-refractivity contribution < 1.29 is 0 Å². The summed E-state index contributed by atoms with van der Waals surface area (Å²) in [5.74, 6) is 0. The van der Waals surface area contributed by atoms with Gasteiger partial charge in [-0.05, 0) is 24.7 Å². The molecule has 0 saturated heterocycles. The van der Waals surface area contributed by atoms with Crippen LogP contribution in [0.3, 0.4) is 0 Å². The molecule has 0 aliphatic heterocycles. The van der Waals surface area contributed by atoms with Crippen molar-refractivity contribution in [1.82, 2.24) is 0 Å². The van der Waals surface area contributed by atoms with Crippen LogP contribution in [0.25, 0.3) is 0 Å². The average Bonchev–Trinajstić information content (AvgIpc) is 1.95. The molecule has 0 aromatic heterocycles. The minimum atomic E-state index is 0.527. The number of alkyl halides is 1. The fraction of sp³-hybridized carbons (Fsp3) is 0.800. The van der Waals surface area contributed by atoms with Crippen molar-refractivity contribution in [2.45, 2.75) is 44.0 Å². The molecule has 0 fully saturated rings. The van der Waals surface area contributed by atoms with E-state index in [0.29, 0.717) is 5.41 Å². The molecule has 0 spiro atoms. The van der Waals surface area contributed by atoms with Crippen molar-refractivity contribution in [3.63, 3.8) is 0 Å². The molecule has 0 aromatic rings. The topological polar surface area (TPSA) is 0 Å². The lowest BCUT2D eigenvalue weighted by atomic mass is 9.78. The van der Waals surface area contributed by atoms with Gasteiger partial charge in [-0.15, -0.1) is 0 Å². The van der Waals surface area contributed by atoms with Gasteiger partial charge in [-0.3, -0.25) is 0 Å². The molecule has 0 nitrogen and oxygen atoms in total. The molecule has 0 radical (unpaired) electrons. The first-order chi connectivity index (χ1) is 5.06. The third-order valence-electron chi connectivity index (χ3n) is 2.66. The van der Waals surface area contributed by atoms with E-state index in [-0.39, 0.29) is 0 Å². The lowest BCUT2D eigenvalue weighted by Crippen LogP contribution is -2.27. The Bertz CT molecular complexity index is 168. The van der Waals surface area contributed by atoms with Gasteiger partial charge in [-0.1, -0.05) is 55.0 Å². The van der Waals surface area contributed by atoms with Crippen LogP contribution in [0.5, 0.6) is 0 Å². The highest BCUT2D eigenvalue weighted by Crippen LogP contribution is 2.40. The van der Waals surface area contributed by atoms with Crippen molar-refractivity contribution in [3.8, 4) is 0 Å². The standard InChI is InChI=1S/C10H17I/c1-4-8-5-6-10(2,3)9(11)7-8/h5,9H,4,6-7H2,1-3H3. The lowest BCUT2D eigenvalue weighted by Gasteiger charge is -2.34. The molecule has 1 atom stereocenters.